The van der Waals surface area contributed by atoms with E-state index >= 15 is 0 Å². The van der Waals surface area contributed by atoms with Crippen molar-refractivity contribution in [3.63, 3.8) is 0 Å². The second kappa shape index (κ2) is 3.62. The lowest BCUT2D eigenvalue weighted by molar-refractivity contribution is 0.472. The number of halogens is 1. The van der Waals surface area contributed by atoms with Crippen molar-refractivity contribution >= 4 is 26.7 Å². The van der Waals surface area contributed by atoms with Crippen LogP contribution in [0.5, 0.6) is 5.75 Å². The maximum absolute atomic E-state index is 9.68. The van der Waals surface area contributed by atoms with Crippen LogP contribution >= 0.6 is 15.9 Å². The number of fused-ring (bicyclic) bond motifs is 1. The number of phenols is 1. The normalized spacial score (nSPS) is 10.7. The second-order valence-corrected chi connectivity index (χ2v) is 4.06. The van der Waals surface area contributed by atoms with E-state index in [2.05, 4.69) is 28.9 Å². The van der Waals surface area contributed by atoms with Crippen molar-refractivity contribution in [1.29, 1.82) is 0 Å². The van der Waals surface area contributed by atoms with Gasteiger partial charge in [0.05, 0.1) is 4.47 Å². The van der Waals surface area contributed by atoms with Gasteiger partial charge in [0.25, 0.3) is 0 Å². The largest absolute Gasteiger partial charge is 0.507 e. The molecule has 72 valence electrons. The van der Waals surface area contributed by atoms with Crippen LogP contribution in [0.1, 0.15) is 12.5 Å². The summed E-state index contributed by atoms with van der Waals surface area (Å²) in [5.41, 5.74) is 1.18. The van der Waals surface area contributed by atoms with Gasteiger partial charge in [-0.3, -0.25) is 0 Å². The molecule has 0 aliphatic carbocycles. The SMILES string of the molecule is CCc1cc(O)c(Br)c2ccccc12. The number of aromatic hydroxyl groups is 1. The molecule has 0 amide bonds. The molecule has 0 fully saturated rings. The molecule has 1 nitrogen and oxygen atoms in total. The summed E-state index contributed by atoms with van der Waals surface area (Å²) in [4.78, 5) is 0. The average Bonchev–Trinajstić information content (AvgIpc) is 2.23. The summed E-state index contributed by atoms with van der Waals surface area (Å²) >= 11 is 3.39. The lowest BCUT2D eigenvalue weighted by atomic mass is 10.0. The first-order valence-electron chi connectivity index (χ1n) is 4.63. The molecule has 0 aromatic heterocycles. The van der Waals surface area contributed by atoms with Crippen LogP contribution in [0, 0.1) is 0 Å². The monoisotopic (exact) mass is 250 g/mol. The Balaban J connectivity index is 2.89. The number of hydrogen-bond acceptors (Lipinski definition) is 1. The highest BCUT2D eigenvalue weighted by Crippen LogP contribution is 2.34. The summed E-state index contributed by atoms with van der Waals surface area (Å²) in [6.45, 7) is 2.09. The second-order valence-electron chi connectivity index (χ2n) is 3.27. The molecule has 0 bridgehead atoms. The Hall–Kier alpha value is -1.02. The molecule has 0 unspecified atom stereocenters. The van der Waals surface area contributed by atoms with Crippen LogP contribution in [0.3, 0.4) is 0 Å². The Morgan fingerprint density at radius 2 is 1.86 bits per heavy atom. The summed E-state index contributed by atoms with van der Waals surface area (Å²) in [6, 6.07) is 9.92. The fourth-order valence-electron chi connectivity index (χ4n) is 1.69. The van der Waals surface area contributed by atoms with Crippen LogP contribution in [0.25, 0.3) is 10.8 Å². The number of rotatable bonds is 1. The van der Waals surface area contributed by atoms with Crippen LogP contribution < -0.4 is 0 Å². The van der Waals surface area contributed by atoms with Crippen LogP contribution in [0.15, 0.2) is 34.8 Å². The van der Waals surface area contributed by atoms with E-state index in [-0.39, 0.29) is 0 Å². The summed E-state index contributed by atoms with van der Waals surface area (Å²) in [5, 5.41) is 12.0. The van der Waals surface area contributed by atoms with E-state index in [1.165, 1.54) is 10.9 Å². The predicted octanol–water partition coefficient (Wildman–Crippen LogP) is 3.87. The molecule has 14 heavy (non-hydrogen) atoms. The summed E-state index contributed by atoms with van der Waals surface area (Å²) in [6.07, 6.45) is 0.932. The molecule has 0 aliphatic rings. The van der Waals surface area contributed by atoms with E-state index in [1.54, 1.807) is 0 Å². The molecule has 0 radical (unpaired) electrons. The van der Waals surface area contributed by atoms with E-state index in [0.717, 1.165) is 16.3 Å². The zero-order valence-electron chi connectivity index (χ0n) is 7.92. The lowest BCUT2D eigenvalue weighted by Gasteiger charge is -2.07. The molecule has 2 aromatic rings. The van der Waals surface area contributed by atoms with Gasteiger partial charge >= 0.3 is 0 Å². The highest BCUT2D eigenvalue weighted by molar-refractivity contribution is 9.10. The molecule has 2 aromatic carbocycles. The molecule has 2 heteroatoms. The van der Waals surface area contributed by atoms with E-state index in [9.17, 15) is 5.11 Å². The maximum Gasteiger partial charge on any atom is 0.130 e. The first-order chi connectivity index (χ1) is 6.74. The fourth-order valence-corrected chi connectivity index (χ4v) is 2.15. The fraction of sp³-hybridized carbons (Fsp3) is 0.167. The Labute approximate surface area is 91.5 Å². The molecule has 1 N–H and O–H groups in total. The van der Waals surface area contributed by atoms with Gasteiger partial charge in [-0.25, -0.2) is 0 Å². The molecular weight excluding hydrogens is 240 g/mol. The maximum atomic E-state index is 9.68. The standard InChI is InChI=1S/C12H11BrO/c1-2-8-7-11(14)12(13)10-6-4-3-5-9(8)10/h3-7,14H,2H2,1H3. The quantitative estimate of drug-likeness (QED) is 0.815. The Morgan fingerprint density at radius 1 is 1.21 bits per heavy atom. The first-order valence-corrected chi connectivity index (χ1v) is 5.42. The molecule has 0 saturated heterocycles. The van der Waals surface area contributed by atoms with Crippen LogP contribution in [0.2, 0.25) is 0 Å². The lowest BCUT2D eigenvalue weighted by Crippen LogP contribution is -1.85. The molecule has 0 aliphatic heterocycles. The zero-order valence-corrected chi connectivity index (χ0v) is 9.51. The minimum absolute atomic E-state index is 0.320. The molecule has 0 spiro atoms. The highest BCUT2D eigenvalue weighted by Gasteiger charge is 2.07. The summed E-state index contributed by atoms with van der Waals surface area (Å²) in [5.74, 6) is 0.320. The van der Waals surface area contributed by atoms with Crippen molar-refractivity contribution in [1.82, 2.24) is 0 Å². The van der Waals surface area contributed by atoms with Gasteiger partial charge in [-0.2, -0.15) is 0 Å². The van der Waals surface area contributed by atoms with Crippen molar-refractivity contribution in [3.8, 4) is 5.75 Å². The molecular formula is C12H11BrO. The van der Waals surface area contributed by atoms with Gasteiger partial charge in [0, 0.05) is 0 Å². The van der Waals surface area contributed by atoms with Crippen LogP contribution in [0.4, 0.5) is 0 Å². The molecule has 0 saturated carbocycles. The van der Waals surface area contributed by atoms with Gasteiger partial charge in [-0.1, -0.05) is 31.2 Å². The van der Waals surface area contributed by atoms with Crippen molar-refractivity contribution in [3.05, 3.63) is 40.4 Å². The van der Waals surface area contributed by atoms with Gasteiger partial charge in [0.2, 0.25) is 0 Å². The number of hydrogen-bond donors (Lipinski definition) is 1. The third-order valence-corrected chi connectivity index (χ3v) is 3.26. The average molecular weight is 251 g/mol. The van der Waals surface area contributed by atoms with Gasteiger partial charge in [0.1, 0.15) is 5.75 Å². The van der Waals surface area contributed by atoms with Gasteiger partial charge in [-0.15, -0.1) is 0 Å². The van der Waals surface area contributed by atoms with Crippen LogP contribution in [-0.2, 0) is 6.42 Å². The third kappa shape index (κ3) is 1.40. The molecule has 0 heterocycles. The highest BCUT2D eigenvalue weighted by atomic mass is 79.9. The van der Waals surface area contributed by atoms with Crippen molar-refractivity contribution in [2.24, 2.45) is 0 Å². The van der Waals surface area contributed by atoms with Gasteiger partial charge < -0.3 is 5.11 Å². The van der Waals surface area contributed by atoms with Gasteiger partial charge in [-0.05, 0) is 44.8 Å². The van der Waals surface area contributed by atoms with Gasteiger partial charge in [0.15, 0.2) is 0 Å². The van der Waals surface area contributed by atoms with E-state index in [0.29, 0.717) is 5.75 Å². The summed E-state index contributed by atoms with van der Waals surface area (Å²) < 4.78 is 0.783. The first kappa shape index (κ1) is 9.53. The van der Waals surface area contributed by atoms with E-state index < -0.39 is 0 Å². The predicted molar refractivity (Wildman–Crippen MR) is 62.7 cm³/mol. The van der Waals surface area contributed by atoms with Crippen LogP contribution in [-0.4, -0.2) is 5.11 Å². The number of benzene rings is 2. The molecule has 0 atom stereocenters. The third-order valence-electron chi connectivity index (χ3n) is 2.43. The summed E-state index contributed by atoms with van der Waals surface area (Å²) in [7, 11) is 0. The Bertz CT molecular complexity index is 477. The smallest absolute Gasteiger partial charge is 0.130 e. The minimum atomic E-state index is 0.320. The van der Waals surface area contributed by atoms with E-state index in [1.807, 2.05) is 24.3 Å². The topological polar surface area (TPSA) is 20.2 Å². The van der Waals surface area contributed by atoms with Crippen molar-refractivity contribution < 1.29 is 5.11 Å². The minimum Gasteiger partial charge on any atom is -0.507 e. The molecule has 2 rings (SSSR count). The Morgan fingerprint density at radius 3 is 2.50 bits per heavy atom. The number of aryl methyl sites for hydroxylation is 1. The van der Waals surface area contributed by atoms with E-state index in [4.69, 9.17) is 0 Å². The number of phenolic OH excluding ortho intramolecular Hbond substituents is 1. The van der Waals surface area contributed by atoms with Crippen molar-refractivity contribution in [2.75, 3.05) is 0 Å². The zero-order chi connectivity index (χ0) is 10.1. The Kier molecular flexibility index (Phi) is 2.46. The van der Waals surface area contributed by atoms with Crippen molar-refractivity contribution in [2.45, 2.75) is 13.3 Å².